The highest BCUT2D eigenvalue weighted by atomic mass is 16.2. The van der Waals surface area contributed by atoms with Crippen LogP contribution in [0.3, 0.4) is 0 Å². The maximum Gasteiger partial charge on any atom is 0.346 e. The fourth-order valence-corrected chi connectivity index (χ4v) is 1.69. The Labute approximate surface area is 104 Å². The van der Waals surface area contributed by atoms with Crippen molar-refractivity contribution in [1.29, 1.82) is 0 Å². The number of benzene rings is 1. The van der Waals surface area contributed by atoms with Gasteiger partial charge < -0.3 is 5.73 Å². The summed E-state index contributed by atoms with van der Waals surface area (Å²) < 4.78 is 2.46. The molecule has 0 spiro atoms. The van der Waals surface area contributed by atoms with Gasteiger partial charge >= 0.3 is 5.69 Å². The van der Waals surface area contributed by atoms with Crippen LogP contribution in [0.2, 0.25) is 0 Å². The lowest BCUT2D eigenvalue weighted by molar-refractivity contribution is -0.118. The summed E-state index contributed by atoms with van der Waals surface area (Å²) in [6.07, 6.45) is 0. The molecule has 0 unspecified atom stereocenters. The van der Waals surface area contributed by atoms with Crippen molar-refractivity contribution in [3.63, 3.8) is 0 Å². The number of carbonyl (C=O) groups is 1. The molecular formula is C12H14N4O2. The molecule has 0 saturated heterocycles. The minimum atomic E-state index is -0.592. The van der Waals surface area contributed by atoms with Crippen LogP contribution in [-0.4, -0.2) is 20.3 Å². The lowest BCUT2D eigenvalue weighted by Crippen LogP contribution is -2.29. The number of primary amides is 1. The van der Waals surface area contributed by atoms with Crippen molar-refractivity contribution in [3.8, 4) is 11.4 Å². The third-order valence-electron chi connectivity index (χ3n) is 2.66. The SMILES string of the molecule is Cc1ccc(-c2nn(CC(N)=O)c(=O)n2C)cc1. The van der Waals surface area contributed by atoms with E-state index in [0.717, 1.165) is 15.8 Å². The first-order valence-corrected chi connectivity index (χ1v) is 5.48. The quantitative estimate of drug-likeness (QED) is 0.830. The number of carbonyl (C=O) groups excluding carboxylic acids is 1. The Morgan fingerprint density at radius 3 is 2.50 bits per heavy atom. The number of rotatable bonds is 3. The van der Waals surface area contributed by atoms with Crippen LogP contribution in [0.25, 0.3) is 11.4 Å². The van der Waals surface area contributed by atoms with Gasteiger partial charge in [0.25, 0.3) is 0 Å². The monoisotopic (exact) mass is 246 g/mol. The third kappa shape index (κ3) is 2.17. The number of hydrogen-bond donors (Lipinski definition) is 1. The number of nitrogens with zero attached hydrogens (tertiary/aromatic N) is 3. The van der Waals surface area contributed by atoms with Crippen LogP contribution in [0.15, 0.2) is 29.1 Å². The molecule has 0 fully saturated rings. The van der Waals surface area contributed by atoms with Crippen molar-refractivity contribution in [3.05, 3.63) is 40.3 Å². The van der Waals surface area contributed by atoms with E-state index < -0.39 is 5.91 Å². The van der Waals surface area contributed by atoms with E-state index in [4.69, 9.17) is 5.73 Å². The summed E-state index contributed by atoms with van der Waals surface area (Å²) in [4.78, 5) is 22.7. The summed E-state index contributed by atoms with van der Waals surface area (Å²) in [6.45, 7) is 1.77. The zero-order valence-corrected chi connectivity index (χ0v) is 10.3. The highest BCUT2D eigenvalue weighted by molar-refractivity contribution is 5.73. The Kier molecular flexibility index (Phi) is 3.01. The van der Waals surface area contributed by atoms with E-state index in [-0.39, 0.29) is 12.2 Å². The molecule has 1 aromatic heterocycles. The number of aromatic nitrogens is 3. The Morgan fingerprint density at radius 2 is 1.94 bits per heavy atom. The molecule has 1 aromatic carbocycles. The summed E-state index contributed by atoms with van der Waals surface area (Å²) in [5.74, 6) is -0.0769. The first kappa shape index (κ1) is 12.1. The van der Waals surface area contributed by atoms with Gasteiger partial charge in [-0.05, 0) is 6.92 Å². The molecule has 1 heterocycles. The predicted octanol–water partition coefficient (Wildman–Crippen LogP) is 0.0425. The molecule has 6 heteroatoms. The maximum atomic E-state index is 11.8. The van der Waals surface area contributed by atoms with Crippen molar-refractivity contribution in [1.82, 2.24) is 14.3 Å². The number of hydrogen-bond acceptors (Lipinski definition) is 3. The van der Waals surface area contributed by atoms with E-state index >= 15 is 0 Å². The van der Waals surface area contributed by atoms with Gasteiger partial charge in [0.15, 0.2) is 5.82 Å². The Bertz CT molecular complexity index is 637. The second kappa shape index (κ2) is 4.48. The minimum absolute atomic E-state index is 0.210. The van der Waals surface area contributed by atoms with Crippen LogP contribution in [0, 0.1) is 6.92 Å². The molecule has 2 aromatic rings. The van der Waals surface area contributed by atoms with Crippen LogP contribution in [-0.2, 0) is 18.4 Å². The molecule has 18 heavy (non-hydrogen) atoms. The van der Waals surface area contributed by atoms with Gasteiger partial charge in [-0.1, -0.05) is 29.8 Å². The van der Waals surface area contributed by atoms with Gasteiger partial charge in [0, 0.05) is 12.6 Å². The maximum absolute atomic E-state index is 11.8. The summed E-state index contributed by atoms with van der Waals surface area (Å²) in [5.41, 5.74) is 6.65. The molecule has 0 aliphatic rings. The molecule has 0 aliphatic carbocycles. The van der Waals surface area contributed by atoms with Crippen LogP contribution < -0.4 is 11.4 Å². The van der Waals surface area contributed by atoms with E-state index in [2.05, 4.69) is 5.10 Å². The Hall–Kier alpha value is -2.37. The molecule has 2 N–H and O–H groups in total. The van der Waals surface area contributed by atoms with Crippen molar-refractivity contribution in [2.24, 2.45) is 12.8 Å². The summed E-state index contributed by atoms with van der Waals surface area (Å²) in [7, 11) is 1.61. The molecule has 1 amide bonds. The van der Waals surface area contributed by atoms with Crippen molar-refractivity contribution in [2.75, 3.05) is 0 Å². The third-order valence-corrected chi connectivity index (χ3v) is 2.66. The van der Waals surface area contributed by atoms with E-state index in [1.165, 1.54) is 4.57 Å². The van der Waals surface area contributed by atoms with E-state index in [9.17, 15) is 9.59 Å². The second-order valence-electron chi connectivity index (χ2n) is 4.16. The van der Waals surface area contributed by atoms with Crippen LogP contribution in [0.1, 0.15) is 5.56 Å². The van der Waals surface area contributed by atoms with Crippen LogP contribution >= 0.6 is 0 Å². The zero-order valence-electron chi connectivity index (χ0n) is 10.3. The van der Waals surface area contributed by atoms with Gasteiger partial charge in [0.05, 0.1) is 0 Å². The molecule has 0 atom stereocenters. The van der Waals surface area contributed by atoms with Gasteiger partial charge in [-0.15, -0.1) is 5.10 Å². The van der Waals surface area contributed by atoms with Gasteiger partial charge in [-0.2, -0.15) is 0 Å². The molecule has 0 aliphatic heterocycles. The van der Waals surface area contributed by atoms with Crippen LogP contribution in [0.5, 0.6) is 0 Å². The predicted molar refractivity (Wildman–Crippen MR) is 66.8 cm³/mol. The van der Waals surface area contributed by atoms with Crippen molar-refractivity contribution >= 4 is 5.91 Å². The average Bonchev–Trinajstić information content (AvgIpc) is 2.58. The highest BCUT2D eigenvalue weighted by Crippen LogP contribution is 2.15. The molecule has 0 radical (unpaired) electrons. The smallest absolute Gasteiger partial charge is 0.346 e. The summed E-state index contributed by atoms with van der Waals surface area (Å²) >= 11 is 0. The second-order valence-corrected chi connectivity index (χ2v) is 4.16. The Balaban J connectivity index is 2.49. The van der Waals surface area contributed by atoms with Gasteiger partial charge in [0.2, 0.25) is 5.91 Å². The molecule has 2 rings (SSSR count). The molecule has 94 valence electrons. The number of aryl methyl sites for hydroxylation is 1. The van der Waals surface area contributed by atoms with Gasteiger partial charge in [-0.3, -0.25) is 9.36 Å². The average molecular weight is 246 g/mol. The standard InChI is InChI=1S/C12H14N4O2/c1-8-3-5-9(6-4-8)11-14-16(7-10(13)17)12(18)15(11)2/h3-6H,7H2,1-2H3,(H2,13,17). The van der Waals surface area contributed by atoms with Crippen molar-refractivity contribution in [2.45, 2.75) is 13.5 Å². The fraction of sp³-hybridized carbons (Fsp3) is 0.250. The topological polar surface area (TPSA) is 82.9 Å². The van der Waals surface area contributed by atoms with Gasteiger partial charge in [0.1, 0.15) is 6.54 Å². The van der Waals surface area contributed by atoms with E-state index in [1.807, 2.05) is 31.2 Å². The molecular weight excluding hydrogens is 232 g/mol. The van der Waals surface area contributed by atoms with E-state index in [0.29, 0.717) is 5.82 Å². The zero-order chi connectivity index (χ0) is 13.3. The lowest BCUT2D eigenvalue weighted by atomic mass is 10.1. The van der Waals surface area contributed by atoms with Gasteiger partial charge in [-0.25, -0.2) is 9.48 Å². The summed E-state index contributed by atoms with van der Waals surface area (Å²) in [5, 5.41) is 4.12. The Morgan fingerprint density at radius 1 is 1.33 bits per heavy atom. The molecule has 0 saturated carbocycles. The summed E-state index contributed by atoms with van der Waals surface area (Å²) in [6, 6.07) is 7.64. The highest BCUT2D eigenvalue weighted by Gasteiger charge is 2.12. The van der Waals surface area contributed by atoms with Crippen LogP contribution in [0.4, 0.5) is 0 Å². The first-order valence-electron chi connectivity index (χ1n) is 5.48. The molecule has 0 bridgehead atoms. The number of nitrogens with two attached hydrogens (primary N) is 1. The lowest BCUT2D eigenvalue weighted by Gasteiger charge is -1.99. The first-order chi connectivity index (χ1) is 8.49. The normalized spacial score (nSPS) is 10.6. The minimum Gasteiger partial charge on any atom is -0.368 e. The molecule has 6 nitrogen and oxygen atoms in total. The largest absolute Gasteiger partial charge is 0.368 e. The number of amides is 1. The van der Waals surface area contributed by atoms with E-state index in [1.54, 1.807) is 7.05 Å². The fourth-order valence-electron chi connectivity index (χ4n) is 1.69. The van der Waals surface area contributed by atoms with Crippen molar-refractivity contribution < 1.29 is 4.79 Å².